The highest BCUT2D eigenvalue weighted by molar-refractivity contribution is 7.49. The molecule has 6 atom stereocenters. The maximum Gasteiger partial charge on any atom is 0.475 e. The third-order valence-corrected chi connectivity index (χ3v) is 17.2. The van der Waals surface area contributed by atoms with E-state index in [9.17, 15) is 5.11 Å². The minimum Gasteiger partial charge on any atom is -0.387 e. The molecule has 1 saturated carbocycles. The molecule has 0 bridgehead atoms. The second-order valence-corrected chi connectivity index (χ2v) is 24.1. The molecule has 1 fully saturated rings. The zero-order valence-corrected chi connectivity index (χ0v) is 48.6. The molecule has 0 spiro atoms. The number of rotatable bonds is 34. The van der Waals surface area contributed by atoms with E-state index in [1.54, 1.807) is 146 Å². The number of benzene rings is 8. The smallest absolute Gasteiger partial charge is 0.387 e. The highest BCUT2D eigenvalue weighted by atomic mass is 31.2. The number of phosphoric acid groups is 3. The van der Waals surface area contributed by atoms with E-state index >= 15 is 13.7 Å². The first-order valence-electron chi connectivity index (χ1n) is 27.2. The summed E-state index contributed by atoms with van der Waals surface area (Å²) >= 11 is 0. The number of aliphatic hydroxyl groups is 1. The van der Waals surface area contributed by atoms with Gasteiger partial charge in [-0.1, -0.05) is 243 Å². The van der Waals surface area contributed by atoms with Crippen LogP contribution in [0.25, 0.3) is 0 Å². The lowest BCUT2D eigenvalue weighted by atomic mass is 9.84. The lowest BCUT2D eigenvalue weighted by Gasteiger charge is -2.48. The Morgan fingerprint density at radius 3 is 0.643 bits per heavy atom. The molecule has 20 heteroatoms. The van der Waals surface area contributed by atoms with Crippen LogP contribution in [0.1, 0.15) is 44.5 Å². The van der Waals surface area contributed by atoms with E-state index in [1.165, 1.54) is 0 Å². The van der Waals surface area contributed by atoms with Crippen LogP contribution in [-0.2, 0) is 126 Å². The lowest BCUT2D eigenvalue weighted by molar-refractivity contribution is -0.267. The van der Waals surface area contributed by atoms with Crippen molar-refractivity contribution in [3.8, 4) is 0 Å². The van der Waals surface area contributed by atoms with Gasteiger partial charge in [-0.25, -0.2) is 13.7 Å². The molecule has 1 N–H and O–H groups in total. The van der Waals surface area contributed by atoms with E-state index in [0.717, 1.165) is 11.1 Å². The molecular weight excluding hydrogens is 1130 g/mol. The van der Waals surface area contributed by atoms with Crippen LogP contribution in [0.2, 0.25) is 0 Å². The summed E-state index contributed by atoms with van der Waals surface area (Å²) in [6.45, 7) is -2.81. The fourth-order valence-corrected chi connectivity index (χ4v) is 12.8. The molecule has 0 radical (unpaired) electrons. The monoisotopic (exact) mass is 1200 g/mol. The zero-order chi connectivity index (χ0) is 58.1. The van der Waals surface area contributed by atoms with Crippen molar-refractivity contribution >= 4 is 23.5 Å². The van der Waals surface area contributed by atoms with Crippen LogP contribution < -0.4 is 0 Å². The van der Waals surface area contributed by atoms with Crippen LogP contribution in [0.4, 0.5) is 0 Å². The fraction of sp³-hybridized carbons (Fsp3) is 0.250. The van der Waals surface area contributed by atoms with Crippen molar-refractivity contribution in [2.24, 2.45) is 0 Å². The van der Waals surface area contributed by atoms with Gasteiger partial charge >= 0.3 is 23.5 Å². The summed E-state index contributed by atoms with van der Waals surface area (Å²) < 4.78 is 130. The molecule has 0 saturated heterocycles. The van der Waals surface area contributed by atoms with Gasteiger partial charge in [-0.05, 0) is 44.5 Å². The van der Waals surface area contributed by atoms with Gasteiger partial charge in [-0.3, -0.25) is 40.7 Å². The maximum atomic E-state index is 16.0. The van der Waals surface area contributed by atoms with Crippen molar-refractivity contribution in [3.63, 3.8) is 0 Å². The van der Waals surface area contributed by atoms with Crippen molar-refractivity contribution in [3.05, 3.63) is 287 Å². The Morgan fingerprint density at radius 1 is 0.262 bits per heavy atom. The molecule has 0 amide bonds. The fourth-order valence-electron chi connectivity index (χ4n) is 8.71. The summed E-state index contributed by atoms with van der Waals surface area (Å²) in [4.78, 5) is 0. The Kier molecular flexibility index (Phi) is 24.1. The number of ether oxygens (including phenoxy) is 4. The molecule has 1 aliphatic carbocycles. The average Bonchev–Trinajstić information content (AvgIpc) is 3.17. The van der Waals surface area contributed by atoms with Crippen molar-refractivity contribution in [1.82, 2.24) is 0 Å². The summed E-state index contributed by atoms with van der Waals surface area (Å²) in [5.74, 6) is 0. The van der Waals surface area contributed by atoms with E-state index in [2.05, 4.69) is 0 Å². The predicted molar refractivity (Wildman–Crippen MR) is 313 cm³/mol. The molecule has 9 rings (SSSR count). The Bertz CT molecular complexity index is 2970. The first kappa shape index (κ1) is 62.4. The second kappa shape index (κ2) is 32.4. The first-order chi connectivity index (χ1) is 41.1. The van der Waals surface area contributed by atoms with Crippen molar-refractivity contribution in [2.75, 3.05) is 13.6 Å². The average molecular weight is 1200 g/mol. The highest BCUT2D eigenvalue weighted by Crippen LogP contribution is 2.61. The Labute approximate surface area is 490 Å². The van der Waals surface area contributed by atoms with Crippen molar-refractivity contribution in [2.45, 2.75) is 89.5 Å². The van der Waals surface area contributed by atoms with E-state index in [0.29, 0.717) is 33.4 Å². The van der Waals surface area contributed by atoms with Crippen LogP contribution in [-0.4, -0.2) is 55.3 Å². The standard InChI is InChI=1S/C64H67O17P3/c65-59-60(71-49-69-41-51-25-9-1-10-26-51)62(79-82(66,73-43-53-29-13-3-14-30-53)74-44-54-31-15-4-16-32-54)64(81-84(68,77-47-57-37-21-7-22-38-57)78-48-58-39-23-8-24-40-58)63(61(59)72-50-70-42-52-27-11-2-12-28-52)80-83(67,75-45-55-33-17-5-18-34-55)76-46-56-35-19-6-20-36-56/h1-40,59-65H,41-50H2/t59?,60-,61-,62-,63+,64?/m0/s1. The van der Waals surface area contributed by atoms with Crippen LogP contribution in [0.3, 0.4) is 0 Å². The molecule has 0 aliphatic heterocycles. The predicted octanol–water partition coefficient (Wildman–Crippen LogP) is 14.3. The Balaban J connectivity index is 1.18. The van der Waals surface area contributed by atoms with E-state index in [-0.39, 0.29) is 52.9 Å². The molecule has 1 aliphatic rings. The van der Waals surface area contributed by atoms with Crippen LogP contribution >= 0.6 is 23.5 Å². The zero-order valence-electron chi connectivity index (χ0n) is 46.0. The van der Waals surface area contributed by atoms with Gasteiger partial charge in [-0.15, -0.1) is 0 Å². The van der Waals surface area contributed by atoms with Crippen molar-refractivity contribution in [1.29, 1.82) is 0 Å². The molecule has 0 aromatic heterocycles. The summed E-state index contributed by atoms with van der Waals surface area (Å²) in [7, 11) is -15.0. The normalized spacial score (nSPS) is 18.3. The Morgan fingerprint density at radius 2 is 0.440 bits per heavy atom. The molecule has 2 unspecified atom stereocenters. The minimum atomic E-state index is -5.05. The maximum absolute atomic E-state index is 16.0. The van der Waals surface area contributed by atoms with Crippen molar-refractivity contribution < 1.29 is 78.5 Å². The number of hydrogen-bond donors (Lipinski definition) is 1. The number of hydrogen-bond acceptors (Lipinski definition) is 17. The summed E-state index contributed by atoms with van der Waals surface area (Å²) in [5.41, 5.74) is 5.13. The lowest BCUT2D eigenvalue weighted by Crippen LogP contribution is -2.66. The Hall–Kier alpha value is -6.11. The molecule has 17 nitrogen and oxygen atoms in total. The summed E-state index contributed by atoms with van der Waals surface area (Å²) in [5, 5.41) is 13.1. The molecule has 84 heavy (non-hydrogen) atoms. The van der Waals surface area contributed by atoms with Gasteiger partial charge in [0, 0.05) is 0 Å². The van der Waals surface area contributed by atoms with Gasteiger partial charge in [-0.2, -0.15) is 0 Å². The highest BCUT2D eigenvalue weighted by Gasteiger charge is 2.60. The largest absolute Gasteiger partial charge is 0.475 e. The number of phosphoric ester groups is 3. The van der Waals surface area contributed by atoms with E-state index in [1.807, 2.05) is 97.1 Å². The first-order valence-corrected chi connectivity index (χ1v) is 31.6. The van der Waals surface area contributed by atoms with Gasteiger partial charge in [0.05, 0.1) is 52.9 Å². The van der Waals surface area contributed by atoms with Crippen LogP contribution in [0.15, 0.2) is 243 Å². The quantitative estimate of drug-likeness (QED) is 0.0227. The molecule has 8 aromatic carbocycles. The van der Waals surface area contributed by atoms with Gasteiger partial charge in [0.25, 0.3) is 0 Å². The van der Waals surface area contributed by atoms with E-state index < -0.39 is 73.7 Å². The molecule has 0 heterocycles. The third-order valence-electron chi connectivity index (χ3n) is 13.0. The van der Waals surface area contributed by atoms with Gasteiger partial charge in [0.15, 0.2) is 0 Å². The van der Waals surface area contributed by atoms with Gasteiger partial charge in [0.2, 0.25) is 0 Å². The van der Waals surface area contributed by atoms with E-state index in [4.69, 9.17) is 59.7 Å². The number of aliphatic hydroxyl groups excluding tert-OH is 1. The second-order valence-electron chi connectivity index (χ2n) is 19.3. The van der Waals surface area contributed by atoms with Gasteiger partial charge < -0.3 is 24.1 Å². The molecular formula is C64H67O17P3. The summed E-state index contributed by atoms with van der Waals surface area (Å²) in [6, 6.07) is 71.9. The topological polar surface area (TPSA) is 191 Å². The SMILES string of the molecule is O=P(OCc1ccccc1)(OCc1ccccc1)OC1[C@@H](OP(=O)(OCc2ccccc2)OCc2ccccc2)[C@@H](OCOCc2ccccc2)C(O)[C@H](OCOCc2ccccc2)[C@H]1OP(=O)(OCc1ccccc1)OCc1ccccc1. The molecule has 8 aromatic rings. The van der Waals surface area contributed by atoms with Crippen LogP contribution in [0.5, 0.6) is 0 Å². The minimum absolute atomic E-state index is 0.0590. The third kappa shape index (κ3) is 19.7. The summed E-state index contributed by atoms with van der Waals surface area (Å²) in [6.07, 6.45) is -11.4. The molecule has 440 valence electrons. The van der Waals surface area contributed by atoms with Gasteiger partial charge in [0.1, 0.15) is 50.2 Å². The van der Waals surface area contributed by atoms with Crippen LogP contribution in [0, 0.1) is 0 Å².